The highest BCUT2D eigenvalue weighted by Gasteiger charge is 2.26. The molecular weight excluding hydrogens is 346 g/mol. The summed E-state index contributed by atoms with van der Waals surface area (Å²) in [5.41, 5.74) is 1.98. The van der Waals surface area contributed by atoms with Crippen molar-refractivity contribution in [2.75, 3.05) is 19.7 Å². The number of ether oxygens (including phenoxy) is 1. The van der Waals surface area contributed by atoms with E-state index in [2.05, 4.69) is 12.0 Å². The van der Waals surface area contributed by atoms with Crippen molar-refractivity contribution in [2.24, 2.45) is 0 Å². The van der Waals surface area contributed by atoms with Crippen LogP contribution in [0, 0.1) is 6.92 Å². The van der Waals surface area contributed by atoms with Crippen molar-refractivity contribution in [1.82, 2.24) is 14.7 Å². The van der Waals surface area contributed by atoms with E-state index in [0.29, 0.717) is 18.8 Å². The number of benzene rings is 1. The number of rotatable bonds is 6. The Morgan fingerprint density at radius 2 is 1.96 bits per heavy atom. The van der Waals surface area contributed by atoms with Crippen LogP contribution in [0.2, 0.25) is 0 Å². The average molecular weight is 371 g/mol. The lowest BCUT2D eigenvalue weighted by Gasteiger charge is -2.32. The number of aromatic nitrogens is 2. The molecule has 0 atom stereocenters. The quantitative estimate of drug-likeness (QED) is 0.844. The number of para-hydroxylation sites is 1. The van der Waals surface area contributed by atoms with Gasteiger partial charge in [-0.3, -0.25) is 9.48 Å². The number of carboxylic acid groups (broad SMARTS) is 1. The summed E-state index contributed by atoms with van der Waals surface area (Å²) >= 11 is 0. The number of aryl methyl sites for hydroxylation is 1. The maximum atomic E-state index is 12.5. The highest BCUT2D eigenvalue weighted by Crippen LogP contribution is 2.25. The van der Waals surface area contributed by atoms with Gasteiger partial charge in [-0.2, -0.15) is 5.10 Å². The molecule has 0 radical (unpaired) electrons. The predicted molar refractivity (Wildman–Crippen MR) is 100 cm³/mol. The molecular formula is C20H25N3O4. The summed E-state index contributed by atoms with van der Waals surface area (Å²) in [5, 5.41) is 13.4. The van der Waals surface area contributed by atoms with Crippen molar-refractivity contribution in [1.29, 1.82) is 0 Å². The van der Waals surface area contributed by atoms with Crippen molar-refractivity contribution in [3.63, 3.8) is 0 Å². The van der Waals surface area contributed by atoms with Crippen molar-refractivity contribution < 1.29 is 19.4 Å². The van der Waals surface area contributed by atoms with Crippen molar-refractivity contribution in [3.05, 3.63) is 47.3 Å². The van der Waals surface area contributed by atoms with Gasteiger partial charge < -0.3 is 14.7 Å². The molecule has 0 bridgehead atoms. The molecule has 27 heavy (non-hydrogen) atoms. The Balaban J connectivity index is 1.54. The number of likely N-dealkylation sites (tertiary alicyclic amines) is 1. The molecule has 0 unspecified atom stereocenters. The second-order valence-electron chi connectivity index (χ2n) is 6.76. The first kappa shape index (κ1) is 18.9. The summed E-state index contributed by atoms with van der Waals surface area (Å²) in [7, 11) is 0. The Morgan fingerprint density at radius 1 is 1.26 bits per heavy atom. The Hall–Kier alpha value is -2.83. The molecule has 1 N–H and O–H groups in total. The van der Waals surface area contributed by atoms with Crippen LogP contribution in [0.25, 0.3) is 0 Å². The fourth-order valence-electron chi connectivity index (χ4n) is 3.53. The van der Waals surface area contributed by atoms with Crippen LogP contribution in [0.15, 0.2) is 30.5 Å². The number of aromatic carboxylic acids is 1. The van der Waals surface area contributed by atoms with Crippen molar-refractivity contribution in [2.45, 2.75) is 39.2 Å². The Morgan fingerprint density at radius 3 is 2.59 bits per heavy atom. The van der Waals surface area contributed by atoms with Crippen LogP contribution in [0.4, 0.5) is 0 Å². The lowest BCUT2D eigenvalue weighted by atomic mass is 10.0. The zero-order chi connectivity index (χ0) is 19.4. The van der Waals surface area contributed by atoms with E-state index in [1.165, 1.54) is 6.20 Å². The number of carboxylic acids is 1. The first-order chi connectivity index (χ1) is 13.0. The molecule has 1 saturated heterocycles. The number of hydrogen-bond donors (Lipinski definition) is 1. The topological polar surface area (TPSA) is 84.7 Å². The molecule has 3 rings (SSSR count). The molecule has 7 nitrogen and oxygen atoms in total. The van der Waals surface area contributed by atoms with Crippen LogP contribution in [-0.2, 0) is 11.2 Å². The van der Waals surface area contributed by atoms with Crippen molar-refractivity contribution in [3.8, 4) is 5.75 Å². The smallest absolute Gasteiger partial charge is 0.339 e. The molecule has 1 aromatic carbocycles. The molecule has 1 aromatic heterocycles. The lowest BCUT2D eigenvalue weighted by Crippen LogP contribution is -2.41. The Bertz CT molecular complexity index is 822. The monoisotopic (exact) mass is 371 g/mol. The minimum absolute atomic E-state index is 0.0252. The lowest BCUT2D eigenvalue weighted by molar-refractivity contribution is -0.134. The molecule has 0 aliphatic carbocycles. The minimum Gasteiger partial charge on any atom is -0.483 e. The molecule has 2 aromatic rings. The third kappa shape index (κ3) is 4.13. The van der Waals surface area contributed by atoms with Crippen molar-refractivity contribution >= 4 is 11.9 Å². The van der Waals surface area contributed by atoms with Gasteiger partial charge in [0.2, 0.25) is 0 Å². The summed E-state index contributed by atoms with van der Waals surface area (Å²) in [5.74, 6) is -0.227. The van der Waals surface area contributed by atoms with Gasteiger partial charge >= 0.3 is 5.97 Å². The van der Waals surface area contributed by atoms with Gasteiger partial charge in [-0.1, -0.05) is 25.1 Å². The third-order valence-corrected chi connectivity index (χ3v) is 5.14. The fourth-order valence-corrected chi connectivity index (χ4v) is 3.53. The van der Waals surface area contributed by atoms with Crippen LogP contribution in [-0.4, -0.2) is 51.4 Å². The maximum absolute atomic E-state index is 12.5. The van der Waals surface area contributed by atoms with Crippen LogP contribution < -0.4 is 4.74 Å². The van der Waals surface area contributed by atoms with E-state index in [-0.39, 0.29) is 24.1 Å². The fraction of sp³-hybridized carbons (Fsp3) is 0.450. The molecule has 2 heterocycles. The molecule has 1 amide bonds. The van der Waals surface area contributed by atoms with Gasteiger partial charge in [-0.05, 0) is 37.8 Å². The maximum Gasteiger partial charge on any atom is 0.339 e. The molecule has 0 saturated carbocycles. The van der Waals surface area contributed by atoms with Crippen LogP contribution >= 0.6 is 0 Å². The number of hydrogen-bond acceptors (Lipinski definition) is 4. The normalized spacial score (nSPS) is 15.0. The number of nitrogens with zero attached hydrogens (tertiary/aromatic N) is 3. The highest BCUT2D eigenvalue weighted by atomic mass is 16.5. The Kier molecular flexibility index (Phi) is 5.78. The van der Waals surface area contributed by atoms with Crippen LogP contribution in [0.3, 0.4) is 0 Å². The third-order valence-electron chi connectivity index (χ3n) is 5.14. The summed E-state index contributed by atoms with van der Waals surface area (Å²) in [6.45, 7) is 5.09. The molecule has 1 aliphatic rings. The van der Waals surface area contributed by atoms with E-state index < -0.39 is 5.97 Å². The molecule has 7 heteroatoms. The number of piperidine rings is 1. The van der Waals surface area contributed by atoms with Gasteiger partial charge in [0.1, 0.15) is 11.3 Å². The molecule has 1 fully saturated rings. The zero-order valence-electron chi connectivity index (χ0n) is 15.7. The Labute approximate surface area is 158 Å². The van der Waals surface area contributed by atoms with E-state index in [1.54, 1.807) is 11.6 Å². The second-order valence-corrected chi connectivity index (χ2v) is 6.76. The first-order valence-corrected chi connectivity index (χ1v) is 9.27. The van der Waals surface area contributed by atoms with Gasteiger partial charge in [-0.15, -0.1) is 0 Å². The van der Waals surface area contributed by atoms with E-state index in [0.717, 1.165) is 30.6 Å². The molecule has 0 spiro atoms. The summed E-state index contributed by atoms with van der Waals surface area (Å²) in [6, 6.07) is 7.87. The number of carbonyl (C=O) groups excluding carboxylic acids is 1. The molecule has 144 valence electrons. The minimum atomic E-state index is -0.962. The van der Waals surface area contributed by atoms with Crippen LogP contribution in [0.5, 0.6) is 5.75 Å². The SMILES string of the molecule is CCc1ccccc1OCC(=O)N1CCC(n2ncc(C(=O)O)c2C)CC1. The summed E-state index contributed by atoms with van der Waals surface area (Å²) in [6.07, 6.45) is 3.75. The van der Waals surface area contributed by atoms with Gasteiger partial charge in [0, 0.05) is 13.1 Å². The standard InChI is InChI=1S/C20H25N3O4/c1-3-15-6-4-5-7-18(15)27-13-19(24)22-10-8-16(9-11-22)23-14(2)17(12-21-23)20(25)26/h4-7,12,16H,3,8-11,13H2,1-2H3,(H,25,26). The van der Waals surface area contributed by atoms with Gasteiger partial charge in [0.05, 0.1) is 17.9 Å². The number of carbonyl (C=O) groups is 2. The van der Waals surface area contributed by atoms with E-state index in [1.807, 2.05) is 29.2 Å². The highest BCUT2D eigenvalue weighted by molar-refractivity contribution is 5.88. The van der Waals surface area contributed by atoms with Gasteiger partial charge in [-0.25, -0.2) is 4.79 Å². The summed E-state index contributed by atoms with van der Waals surface area (Å²) < 4.78 is 7.51. The largest absolute Gasteiger partial charge is 0.483 e. The number of amides is 1. The average Bonchev–Trinajstić information content (AvgIpc) is 3.08. The van der Waals surface area contributed by atoms with Gasteiger partial charge in [0.15, 0.2) is 6.61 Å². The summed E-state index contributed by atoms with van der Waals surface area (Å²) in [4.78, 5) is 25.5. The van der Waals surface area contributed by atoms with E-state index in [4.69, 9.17) is 9.84 Å². The van der Waals surface area contributed by atoms with Gasteiger partial charge in [0.25, 0.3) is 5.91 Å². The van der Waals surface area contributed by atoms with E-state index >= 15 is 0 Å². The zero-order valence-corrected chi connectivity index (χ0v) is 15.7. The second kappa shape index (κ2) is 8.24. The van der Waals surface area contributed by atoms with E-state index in [9.17, 15) is 9.59 Å². The predicted octanol–water partition coefficient (Wildman–Crippen LogP) is 2.69. The molecule has 1 aliphatic heterocycles. The first-order valence-electron chi connectivity index (χ1n) is 9.27. The van der Waals surface area contributed by atoms with Crippen LogP contribution in [0.1, 0.15) is 47.4 Å².